The molecule has 1 aromatic heterocycles. The van der Waals surface area contributed by atoms with Crippen molar-refractivity contribution in [1.29, 1.82) is 0 Å². The third-order valence-electron chi connectivity index (χ3n) is 4.04. The Bertz CT molecular complexity index is 1150. The van der Waals surface area contributed by atoms with E-state index in [1.807, 2.05) is 6.92 Å². The molecule has 1 heterocycles. The quantitative estimate of drug-likeness (QED) is 0.273. The number of nitro benzene ring substituents is 1. The summed E-state index contributed by atoms with van der Waals surface area (Å²) >= 11 is 1.04. The molecule has 10 heteroatoms. The Morgan fingerprint density at radius 2 is 2.07 bits per heavy atom. The van der Waals surface area contributed by atoms with Crippen LogP contribution in [0.5, 0.6) is 0 Å². The van der Waals surface area contributed by atoms with Crippen LogP contribution in [0.25, 0.3) is 10.9 Å². The number of carbonyl (C=O) groups is 1. The van der Waals surface area contributed by atoms with Gasteiger partial charge in [-0.2, -0.15) is 0 Å². The van der Waals surface area contributed by atoms with Crippen LogP contribution in [0.1, 0.15) is 13.3 Å². The number of halogens is 1. The van der Waals surface area contributed by atoms with Gasteiger partial charge in [0.1, 0.15) is 5.82 Å². The molecule has 0 saturated heterocycles. The molecule has 1 N–H and O–H groups in total. The largest absolute Gasteiger partial charge is 0.323 e. The molecule has 0 spiro atoms. The molecular formula is C19H17FN4O4S. The predicted octanol–water partition coefficient (Wildman–Crippen LogP) is 3.58. The van der Waals surface area contributed by atoms with Crippen molar-refractivity contribution in [2.75, 3.05) is 11.1 Å². The molecule has 3 aromatic rings. The summed E-state index contributed by atoms with van der Waals surface area (Å²) in [6, 6.07) is 9.84. The number of hydrogen-bond acceptors (Lipinski definition) is 6. The minimum Gasteiger partial charge on any atom is -0.323 e. The molecule has 1 amide bonds. The van der Waals surface area contributed by atoms with Gasteiger partial charge in [-0.25, -0.2) is 9.37 Å². The van der Waals surface area contributed by atoms with Gasteiger partial charge in [0.2, 0.25) is 5.91 Å². The van der Waals surface area contributed by atoms with Crippen molar-refractivity contribution in [2.24, 2.45) is 0 Å². The van der Waals surface area contributed by atoms with Crippen LogP contribution in [0.4, 0.5) is 15.8 Å². The highest BCUT2D eigenvalue weighted by Crippen LogP contribution is 2.23. The number of carbonyl (C=O) groups excluding carboxylic acids is 1. The first-order valence-corrected chi connectivity index (χ1v) is 9.75. The maximum absolute atomic E-state index is 13.8. The Balaban J connectivity index is 1.81. The van der Waals surface area contributed by atoms with E-state index in [2.05, 4.69) is 10.3 Å². The summed E-state index contributed by atoms with van der Waals surface area (Å²) in [6.07, 6.45) is 0.707. The lowest BCUT2D eigenvalue weighted by Gasteiger charge is -2.12. The van der Waals surface area contributed by atoms with Crippen molar-refractivity contribution in [1.82, 2.24) is 9.55 Å². The smallest absolute Gasteiger partial charge is 0.271 e. The molecule has 0 atom stereocenters. The fourth-order valence-electron chi connectivity index (χ4n) is 2.72. The molecule has 0 radical (unpaired) electrons. The lowest BCUT2D eigenvalue weighted by atomic mass is 10.2. The first-order valence-electron chi connectivity index (χ1n) is 8.77. The van der Waals surface area contributed by atoms with E-state index in [9.17, 15) is 24.1 Å². The lowest BCUT2D eigenvalue weighted by Crippen LogP contribution is -2.24. The molecule has 0 aliphatic carbocycles. The molecular weight excluding hydrogens is 399 g/mol. The number of amides is 1. The summed E-state index contributed by atoms with van der Waals surface area (Å²) in [6.45, 7) is 2.37. The van der Waals surface area contributed by atoms with Crippen LogP contribution < -0.4 is 10.9 Å². The Kier molecular flexibility index (Phi) is 6.23. The SMILES string of the molecule is CCCn1c(SCC(=O)Nc2cc([N+](=O)[O-])ccc2F)nc2ccccc2c1=O. The Labute approximate surface area is 168 Å². The Morgan fingerprint density at radius 3 is 2.79 bits per heavy atom. The van der Waals surface area contributed by atoms with E-state index in [0.717, 1.165) is 30.0 Å². The normalized spacial score (nSPS) is 10.8. The van der Waals surface area contributed by atoms with Gasteiger partial charge < -0.3 is 5.32 Å². The highest BCUT2D eigenvalue weighted by atomic mass is 32.2. The first kappa shape index (κ1) is 20.5. The first-order chi connectivity index (χ1) is 13.9. The topological polar surface area (TPSA) is 107 Å². The van der Waals surface area contributed by atoms with Gasteiger partial charge >= 0.3 is 0 Å². The van der Waals surface area contributed by atoms with Crippen LogP contribution in [0.15, 0.2) is 52.4 Å². The zero-order valence-electron chi connectivity index (χ0n) is 15.4. The van der Waals surface area contributed by atoms with E-state index in [0.29, 0.717) is 29.0 Å². The number of nitrogens with one attached hydrogen (secondary N) is 1. The number of fused-ring (bicyclic) bond motifs is 1. The average molecular weight is 416 g/mol. The van der Waals surface area contributed by atoms with Crippen molar-refractivity contribution in [3.63, 3.8) is 0 Å². The van der Waals surface area contributed by atoms with E-state index >= 15 is 0 Å². The summed E-state index contributed by atoms with van der Waals surface area (Å²) in [5, 5.41) is 14.0. The number of para-hydroxylation sites is 1. The zero-order chi connectivity index (χ0) is 21.0. The van der Waals surface area contributed by atoms with Crippen LogP contribution in [0.2, 0.25) is 0 Å². The van der Waals surface area contributed by atoms with Gasteiger partial charge in [-0.05, 0) is 24.6 Å². The van der Waals surface area contributed by atoms with E-state index in [-0.39, 0.29) is 22.7 Å². The van der Waals surface area contributed by atoms with Gasteiger partial charge in [-0.1, -0.05) is 30.8 Å². The lowest BCUT2D eigenvalue weighted by molar-refractivity contribution is -0.384. The van der Waals surface area contributed by atoms with Gasteiger partial charge in [0.05, 0.1) is 27.3 Å². The Hall–Kier alpha value is -3.27. The average Bonchev–Trinajstić information content (AvgIpc) is 2.70. The minimum atomic E-state index is -0.777. The van der Waals surface area contributed by atoms with E-state index in [1.165, 1.54) is 4.57 Å². The number of nitrogens with zero attached hydrogens (tertiary/aromatic N) is 3. The van der Waals surface area contributed by atoms with Crippen molar-refractivity contribution in [2.45, 2.75) is 25.0 Å². The number of aromatic nitrogens is 2. The van der Waals surface area contributed by atoms with Crippen molar-refractivity contribution < 1.29 is 14.1 Å². The van der Waals surface area contributed by atoms with Crippen LogP contribution in [-0.4, -0.2) is 26.1 Å². The fourth-order valence-corrected chi connectivity index (χ4v) is 3.54. The van der Waals surface area contributed by atoms with Crippen molar-refractivity contribution in [3.8, 4) is 0 Å². The highest BCUT2D eigenvalue weighted by Gasteiger charge is 2.15. The second-order valence-electron chi connectivity index (χ2n) is 6.13. The molecule has 0 fully saturated rings. The summed E-state index contributed by atoms with van der Waals surface area (Å²) in [4.78, 5) is 39.6. The van der Waals surface area contributed by atoms with Gasteiger partial charge in [0.25, 0.3) is 11.2 Å². The molecule has 8 nitrogen and oxygen atoms in total. The molecule has 150 valence electrons. The molecule has 29 heavy (non-hydrogen) atoms. The number of benzene rings is 2. The van der Waals surface area contributed by atoms with Crippen molar-refractivity contribution >= 4 is 39.9 Å². The summed E-state index contributed by atoms with van der Waals surface area (Å²) in [7, 11) is 0. The Morgan fingerprint density at radius 1 is 1.31 bits per heavy atom. The zero-order valence-corrected chi connectivity index (χ0v) is 16.2. The third-order valence-corrected chi connectivity index (χ3v) is 5.02. The molecule has 0 aliphatic rings. The van der Waals surface area contributed by atoms with Crippen LogP contribution in [0, 0.1) is 15.9 Å². The number of anilines is 1. The van der Waals surface area contributed by atoms with E-state index < -0.39 is 16.6 Å². The molecule has 2 aromatic carbocycles. The standard InChI is InChI=1S/C19H17FN4O4S/c1-2-9-23-18(26)13-5-3-4-6-15(13)22-19(23)29-11-17(25)21-16-10-12(24(27)28)7-8-14(16)20/h3-8,10H,2,9,11H2,1H3,(H,21,25). The number of hydrogen-bond donors (Lipinski definition) is 1. The molecule has 0 unspecified atom stereocenters. The predicted molar refractivity (Wildman–Crippen MR) is 109 cm³/mol. The second-order valence-corrected chi connectivity index (χ2v) is 7.07. The number of thioether (sulfide) groups is 1. The molecule has 0 bridgehead atoms. The summed E-state index contributed by atoms with van der Waals surface area (Å²) in [5.74, 6) is -1.49. The maximum Gasteiger partial charge on any atom is 0.271 e. The van der Waals surface area contributed by atoms with Crippen LogP contribution in [-0.2, 0) is 11.3 Å². The maximum atomic E-state index is 13.8. The summed E-state index contributed by atoms with van der Waals surface area (Å²) in [5.41, 5.74) is -0.271. The number of nitro groups is 1. The van der Waals surface area contributed by atoms with Gasteiger partial charge in [-0.3, -0.25) is 24.3 Å². The van der Waals surface area contributed by atoms with Crippen molar-refractivity contribution in [3.05, 3.63) is 68.7 Å². The van der Waals surface area contributed by atoms with Gasteiger partial charge in [0, 0.05) is 18.7 Å². The monoisotopic (exact) mass is 416 g/mol. The molecule has 0 saturated carbocycles. The third kappa shape index (κ3) is 4.60. The molecule has 0 aliphatic heterocycles. The highest BCUT2D eigenvalue weighted by molar-refractivity contribution is 7.99. The van der Waals surface area contributed by atoms with Crippen LogP contribution in [0.3, 0.4) is 0 Å². The van der Waals surface area contributed by atoms with E-state index in [1.54, 1.807) is 24.3 Å². The minimum absolute atomic E-state index is 0.142. The fraction of sp³-hybridized carbons (Fsp3) is 0.211. The van der Waals surface area contributed by atoms with E-state index in [4.69, 9.17) is 0 Å². The number of non-ortho nitro benzene ring substituents is 1. The second kappa shape index (κ2) is 8.82. The van der Waals surface area contributed by atoms with Gasteiger partial charge in [0.15, 0.2) is 5.16 Å². The van der Waals surface area contributed by atoms with Gasteiger partial charge in [-0.15, -0.1) is 0 Å². The van der Waals surface area contributed by atoms with Crippen LogP contribution >= 0.6 is 11.8 Å². The summed E-state index contributed by atoms with van der Waals surface area (Å²) < 4.78 is 15.4. The number of rotatable bonds is 7. The molecule has 3 rings (SSSR count).